The van der Waals surface area contributed by atoms with Gasteiger partial charge in [-0.25, -0.2) is 4.57 Å². The van der Waals surface area contributed by atoms with E-state index in [1.165, 1.54) is 107 Å². The van der Waals surface area contributed by atoms with E-state index in [2.05, 4.69) is 63.5 Å². The summed E-state index contributed by atoms with van der Waals surface area (Å²) in [6, 6.07) is 0. The largest absolute Gasteiger partial charge is 0.472 e. The van der Waals surface area contributed by atoms with Crippen molar-refractivity contribution in [3.8, 4) is 0 Å². The first-order valence-corrected chi connectivity index (χ1v) is 36.4. The Morgan fingerprint density at radius 3 is 1.31 bits per heavy atom. The van der Waals surface area contributed by atoms with Crippen molar-refractivity contribution in [2.45, 2.75) is 176 Å². The molecule has 0 bridgehead atoms. The van der Waals surface area contributed by atoms with E-state index in [1.807, 2.05) is 19.1 Å². The number of rotatable bonds is 69. The fourth-order valence-corrected chi connectivity index (χ4v) is 10.2. The average molecular weight is 1350 g/mol. The van der Waals surface area contributed by atoms with Crippen molar-refractivity contribution in [1.82, 2.24) is 10.6 Å². The van der Waals surface area contributed by atoms with E-state index in [1.54, 1.807) is 6.08 Å². The summed E-state index contributed by atoms with van der Waals surface area (Å²) in [4.78, 5) is 46.2. The summed E-state index contributed by atoms with van der Waals surface area (Å²) >= 11 is 0. The number of esters is 1. The average Bonchev–Trinajstić information content (AvgIpc) is 2.91. The van der Waals surface area contributed by atoms with Crippen LogP contribution in [0.15, 0.2) is 58.7 Å². The molecule has 22 nitrogen and oxygen atoms in total. The highest BCUT2D eigenvalue weighted by Gasteiger charge is 2.26. The summed E-state index contributed by atoms with van der Waals surface area (Å²) in [5, 5.41) is 5.45. The van der Waals surface area contributed by atoms with Crippen LogP contribution in [-0.2, 0) is 89.6 Å². The highest BCUT2D eigenvalue weighted by Crippen LogP contribution is 2.43. The van der Waals surface area contributed by atoms with Gasteiger partial charge in [0.25, 0.3) is 0 Å². The van der Waals surface area contributed by atoms with Gasteiger partial charge in [0.1, 0.15) is 0 Å². The molecule has 3 N–H and O–H groups in total. The van der Waals surface area contributed by atoms with Crippen LogP contribution in [0.5, 0.6) is 0 Å². The third kappa shape index (κ3) is 60.9. The number of hydrogen-bond donors (Lipinski definition) is 3. The highest BCUT2D eigenvalue weighted by atomic mass is 31.2. The Morgan fingerprint density at radius 1 is 0.473 bits per heavy atom. The quantitative estimate of drug-likeness (QED) is 0.0168. The molecule has 0 aromatic carbocycles. The smallest absolute Gasteiger partial charge is 0.466 e. The Hall–Kier alpha value is -3.26. The number of phosphoric acid groups is 1. The summed E-state index contributed by atoms with van der Waals surface area (Å²) in [6.07, 6.45) is 35.4. The Morgan fingerprint density at radius 2 is 0.871 bits per heavy atom. The van der Waals surface area contributed by atoms with Gasteiger partial charge in [-0.2, -0.15) is 0 Å². The molecule has 0 aliphatic heterocycles. The zero-order valence-corrected chi connectivity index (χ0v) is 59.4. The van der Waals surface area contributed by atoms with Gasteiger partial charge in [0.2, 0.25) is 11.8 Å². The van der Waals surface area contributed by atoms with Gasteiger partial charge >= 0.3 is 13.8 Å². The molecule has 1 unspecified atom stereocenters. The number of allylic oxidation sites excluding steroid dienone is 9. The summed E-state index contributed by atoms with van der Waals surface area (Å²) in [6.45, 7) is 23.6. The molecular formula is C70H127N2O20P. The Bertz CT molecular complexity index is 2000. The SMILES string of the molecule is CCCCCCCCCCCCCCCCCC(=O)OCCCOP(=O)(O)OCCNC(=O)CCOCCOCCOCCOCCOCCOCCOCCOCCOCCOCCOCCOCCNC(=O)/C=C(C)/C=C/C=C(C)/C=C/C1=C(C)CCCC1(C)C. The lowest BCUT2D eigenvalue weighted by molar-refractivity contribution is -0.144. The van der Waals surface area contributed by atoms with Crippen LogP contribution in [0.4, 0.5) is 0 Å². The number of hydrogen-bond acceptors (Lipinski definition) is 19. The second kappa shape index (κ2) is 64.7. The molecule has 0 aromatic rings. The van der Waals surface area contributed by atoms with E-state index in [-0.39, 0.29) is 69.0 Å². The van der Waals surface area contributed by atoms with E-state index in [4.69, 9.17) is 70.6 Å². The summed E-state index contributed by atoms with van der Waals surface area (Å²) < 4.78 is 93.4. The number of carbonyl (C=O) groups excluding carboxylic acids is 3. The first kappa shape index (κ1) is 87.8. The molecule has 1 aliphatic carbocycles. The molecular weight excluding hydrogens is 1220 g/mol. The van der Waals surface area contributed by atoms with Crippen molar-refractivity contribution in [2.75, 3.05) is 191 Å². The van der Waals surface area contributed by atoms with Crippen molar-refractivity contribution < 1.29 is 94.5 Å². The minimum atomic E-state index is -4.30. The highest BCUT2D eigenvalue weighted by molar-refractivity contribution is 7.47. The van der Waals surface area contributed by atoms with E-state index >= 15 is 0 Å². The second-order valence-electron chi connectivity index (χ2n) is 23.6. The fourth-order valence-electron chi connectivity index (χ4n) is 9.49. The number of carbonyl (C=O) groups is 3. The lowest BCUT2D eigenvalue weighted by atomic mass is 9.72. The third-order valence-electron chi connectivity index (χ3n) is 14.7. The van der Waals surface area contributed by atoms with Crippen LogP contribution < -0.4 is 10.6 Å². The topological polar surface area (TPSA) is 251 Å². The van der Waals surface area contributed by atoms with Gasteiger partial charge < -0.3 is 77.1 Å². The molecule has 0 spiro atoms. The zero-order valence-electron chi connectivity index (χ0n) is 58.5. The number of nitrogens with one attached hydrogen (secondary N) is 2. The van der Waals surface area contributed by atoms with Gasteiger partial charge in [0.05, 0.1) is 178 Å². The first-order chi connectivity index (χ1) is 45.3. The van der Waals surface area contributed by atoms with Crippen LogP contribution in [0.2, 0.25) is 0 Å². The van der Waals surface area contributed by atoms with Crippen LogP contribution in [-0.4, -0.2) is 214 Å². The minimum absolute atomic E-state index is 0.0236. The van der Waals surface area contributed by atoms with E-state index in [0.29, 0.717) is 165 Å². The molecule has 1 rings (SSSR count). The van der Waals surface area contributed by atoms with Crippen molar-refractivity contribution in [3.05, 3.63) is 58.7 Å². The van der Waals surface area contributed by atoms with Crippen molar-refractivity contribution >= 4 is 25.6 Å². The number of amides is 2. The van der Waals surface area contributed by atoms with Crippen molar-refractivity contribution in [1.29, 1.82) is 0 Å². The van der Waals surface area contributed by atoms with Gasteiger partial charge in [-0.05, 0) is 63.0 Å². The molecule has 0 aromatic heterocycles. The molecule has 1 aliphatic rings. The molecule has 2 amide bonds. The molecule has 542 valence electrons. The van der Waals surface area contributed by atoms with E-state index < -0.39 is 7.82 Å². The molecule has 0 radical (unpaired) electrons. The molecule has 0 saturated carbocycles. The van der Waals surface area contributed by atoms with E-state index in [9.17, 15) is 23.8 Å². The Kier molecular flexibility index (Phi) is 61.1. The van der Waals surface area contributed by atoms with Gasteiger partial charge in [-0.15, -0.1) is 0 Å². The fraction of sp³-hybridized carbons (Fsp3) is 0.814. The van der Waals surface area contributed by atoms with Crippen molar-refractivity contribution in [3.63, 3.8) is 0 Å². The van der Waals surface area contributed by atoms with Crippen LogP contribution in [0.1, 0.15) is 176 Å². The molecule has 23 heteroatoms. The lowest BCUT2D eigenvalue weighted by Crippen LogP contribution is -2.28. The third-order valence-corrected chi connectivity index (χ3v) is 15.7. The van der Waals surface area contributed by atoms with Gasteiger partial charge in [0.15, 0.2) is 0 Å². The van der Waals surface area contributed by atoms with Crippen LogP contribution in [0.3, 0.4) is 0 Å². The standard InChI is InChI=1S/C70H127N2O20P/c1-7-8-9-10-11-12-13-14-15-16-17-18-19-20-21-28-69(75)90-35-24-36-91-93(76,77)92-39-34-71-67(73)31-37-78-40-42-80-44-46-82-48-50-84-52-54-86-56-58-88-60-61-89-59-57-87-55-53-85-51-49-83-47-45-81-43-41-79-38-33-72-68(74)62-64(3)26-22-25-63(2)29-30-66-65(4)27-23-32-70(66,5)6/h22,25-26,29-30,62H,7-21,23-24,27-28,31-61H2,1-6H3,(H,71,73)(H,72,74)(H,76,77)/b26-22+,30-29+,63-25+,64-62+. The monoisotopic (exact) mass is 1350 g/mol. The number of phosphoric ester groups is 1. The maximum atomic E-state index is 12.3. The Labute approximate surface area is 560 Å². The summed E-state index contributed by atoms with van der Waals surface area (Å²) in [5.74, 6) is -0.711. The predicted molar refractivity (Wildman–Crippen MR) is 363 cm³/mol. The number of unbranched alkanes of at least 4 members (excludes halogenated alkanes) is 14. The maximum absolute atomic E-state index is 12.3. The normalized spacial score (nSPS) is 14.4. The van der Waals surface area contributed by atoms with E-state index in [0.717, 1.165) is 30.4 Å². The van der Waals surface area contributed by atoms with Crippen LogP contribution >= 0.6 is 7.82 Å². The second-order valence-corrected chi connectivity index (χ2v) is 25.0. The molecule has 0 heterocycles. The molecule has 0 fully saturated rings. The number of ether oxygens (including phenoxy) is 13. The first-order valence-electron chi connectivity index (χ1n) is 34.9. The van der Waals surface area contributed by atoms with Gasteiger partial charge in [-0.3, -0.25) is 23.4 Å². The summed E-state index contributed by atoms with van der Waals surface area (Å²) in [7, 11) is -4.30. The maximum Gasteiger partial charge on any atom is 0.472 e. The zero-order chi connectivity index (χ0) is 67.7. The van der Waals surface area contributed by atoms with Gasteiger partial charge in [0, 0.05) is 38.4 Å². The molecule has 1 atom stereocenters. The van der Waals surface area contributed by atoms with Crippen LogP contribution in [0, 0.1) is 5.41 Å². The predicted octanol–water partition coefficient (Wildman–Crippen LogP) is 11.7. The van der Waals surface area contributed by atoms with Gasteiger partial charge in [-0.1, -0.05) is 152 Å². The molecule has 0 saturated heterocycles. The minimum Gasteiger partial charge on any atom is -0.466 e. The molecule has 93 heavy (non-hydrogen) atoms. The Balaban J connectivity index is 1.75. The lowest BCUT2D eigenvalue weighted by Gasteiger charge is -2.32. The van der Waals surface area contributed by atoms with Crippen LogP contribution in [0.25, 0.3) is 0 Å². The summed E-state index contributed by atoms with van der Waals surface area (Å²) in [5.41, 5.74) is 5.19. The van der Waals surface area contributed by atoms with Crippen molar-refractivity contribution in [2.24, 2.45) is 5.41 Å².